The molecule has 1 atom stereocenters. The van der Waals surface area contributed by atoms with Gasteiger partial charge in [0.15, 0.2) is 4.96 Å². The van der Waals surface area contributed by atoms with E-state index in [4.69, 9.17) is 0 Å². The van der Waals surface area contributed by atoms with Gasteiger partial charge in [-0.25, -0.2) is 4.98 Å². The molecule has 0 fully saturated rings. The number of amides is 1. The van der Waals surface area contributed by atoms with Crippen molar-refractivity contribution in [3.05, 3.63) is 23.5 Å². The number of carbonyl (C=O) groups excluding carboxylic acids is 1. The number of aliphatic hydroxyl groups is 1. The standard InChI is InChI=1S/C12H17N3O2S/c1-9(16)3-4-14(2)11(17)7-10-8-15-5-6-18-12(15)13-10/h5-6,8-9,16H,3-4,7H2,1-2H3. The van der Waals surface area contributed by atoms with Crippen LogP contribution < -0.4 is 0 Å². The fourth-order valence-electron chi connectivity index (χ4n) is 1.66. The van der Waals surface area contributed by atoms with Gasteiger partial charge in [0, 0.05) is 31.4 Å². The van der Waals surface area contributed by atoms with Crippen LogP contribution in [0.3, 0.4) is 0 Å². The van der Waals surface area contributed by atoms with Crippen LogP contribution in [-0.2, 0) is 11.2 Å². The molecule has 6 heteroatoms. The molecule has 2 aromatic rings. The van der Waals surface area contributed by atoms with Crippen molar-refractivity contribution in [1.29, 1.82) is 0 Å². The third-order valence-electron chi connectivity index (χ3n) is 2.78. The minimum Gasteiger partial charge on any atom is -0.393 e. The molecule has 0 aliphatic rings. The second-order valence-electron chi connectivity index (χ2n) is 4.45. The van der Waals surface area contributed by atoms with E-state index in [1.807, 2.05) is 22.2 Å². The van der Waals surface area contributed by atoms with Crippen molar-refractivity contribution in [3.63, 3.8) is 0 Å². The highest BCUT2D eigenvalue weighted by Gasteiger charge is 2.13. The van der Waals surface area contributed by atoms with E-state index in [9.17, 15) is 9.90 Å². The quantitative estimate of drug-likeness (QED) is 0.884. The molecule has 2 aromatic heterocycles. The summed E-state index contributed by atoms with van der Waals surface area (Å²) in [5.74, 6) is 0.0291. The molecule has 2 rings (SSSR count). The van der Waals surface area contributed by atoms with Gasteiger partial charge in [0.1, 0.15) is 0 Å². The topological polar surface area (TPSA) is 57.8 Å². The maximum Gasteiger partial charge on any atom is 0.228 e. The number of rotatable bonds is 5. The van der Waals surface area contributed by atoms with Crippen LogP contribution in [0.5, 0.6) is 0 Å². The van der Waals surface area contributed by atoms with Crippen LogP contribution in [0.4, 0.5) is 0 Å². The molecule has 0 aliphatic carbocycles. The summed E-state index contributed by atoms with van der Waals surface area (Å²) in [4.78, 5) is 18.8. The van der Waals surface area contributed by atoms with Crippen LogP contribution in [-0.4, -0.2) is 45.0 Å². The van der Waals surface area contributed by atoms with Gasteiger partial charge in [0.25, 0.3) is 0 Å². The Morgan fingerprint density at radius 2 is 2.44 bits per heavy atom. The Bertz CT molecular complexity index is 504. The molecule has 0 aliphatic heterocycles. The van der Waals surface area contributed by atoms with E-state index in [-0.39, 0.29) is 12.0 Å². The molecule has 2 heterocycles. The average molecular weight is 267 g/mol. The van der Waals surface area contributed by atoms with Crippen LogP contribution in [0, 0.1) is 0 Å². The summed E-state index contributed by atoms with van der Waals surface area (Å²) < 4.78 is 1.92. The number of thiazole rings is 1. The molecule has 1 unspecified atom stereocenters. The zero-order chi connectivity index (χ0) is 13.1. The van der Waals surface area contributed by atoms with Crippen LogP contribution in [0.15, 0.2) is 17.8 Å². The van der Waals surface area contributed by atoms with Crippen molar-refractivity contribution in [3.8, 4) is 0 Å². The second kappa shape index (κ2) is 5.49. The normalized spacial score (nSPS) is 12.8. The van der Waals surface area contributed by atoms with Crippen LogP contribution in [0.1, 0.15) is 19.0 Å². The molecule has 0 saturated carbocycles. The molecule has 0 bridgehead atoms. The monoisotopic (exact) mass is 267 g/mol. The Labute approximate surface area is 110 Å². The summed E-state index contributed by atoms with van der Waals surface area (Å²) in [6.07, 6.45) is 4.34. The predicted octanol–water partition coefficient (Wildman–Crippen LogP) is 1.17. The molecule has 0 spiro atoms. The molecule has 5 nitrogen and oxygen atoms in total. The van der Waals surface area contributed by atoms with E-state index in [2.05, 4.69) is 4.98 Å². The lowest BCUT2D eigenvalue weighted by Crippen LogP contribution is -2.30. The van der Waals surface area contributed by atoms with Crippen LogP contribution in [0.25, 0.3) is 4.96 Å². The Morgan fingerprint density at radius 3 is 3.11 bits per heavy atom. The van der Waals surface area contributed by atoms with Crippen molar-refractivity contribution in [2.75, 3.05) is 13.6 Å². The summed E-state index contributed by atoms with van der Waals surface area (Å²) in [6, 6.07) is 0. The highest BCUT2D eigenvalue weighted by molar-refractivity contribution is 7.15. The summed E-state index contributed by atoms with van der Waals surface area (Å²) in [7, 11) is 1.75. The molecule has 98 valence electrons. The first-order valence-electron chi connectivity index (χ1n) is 5.89. The number of fused-ring (bicyclic) bond motifs is 1. The molecule has 0 aromatic carbocycles. The van der Waals surface area contributed by atoms with Gasteiger partial charge in [0.05, 0.1) is 18.2 Å². The molecule has 1 amide bonds. The first-order valence-corrected chi connectivity index (χ1v) is 6.77. The predicted molar refractivity (Wildman–Crippen MR) is 70.7 cm³/mol. The number of nitrogens with zero attached hydrogens (tertiary/aromatic N) is 3. The highest BCUT2D eigenvalue weighted by Crippen LogP contribution is 2.12. The molecular formula is C12H17N3O2S. The van der Waals surface area contributed by atoms with Crippen LogP contribution >= 0.6 is 11.3 Å². The summed E-state index contributed by atoms with van der Waals surface area (Å²) in [5.41, 5.74) is 0.788. The summed E-state index contributed by atoms with van der Waals surface area (Å²) in [6.45, 7) is 2.29. The highest BCUT2D eigenvalue weighted by atomic mass is 32.1. The largest absolute Gasteiger partial charge is 0.393 e. The van der Waals surface area contributed by atoms with E-state index in [0.29, 0.717) is 19.4 Å². The van der Waals surface area contributed by atoms with E-state index in [1.54, 1.807) is 30.2 Å². The molecule has 0 saturated heterocycles. The smallest absolute Gasteiger partial charge is 0.228 e. The van der Waals surface area contributed by atoms with Crippen molar-refractivity contribution in [1.82, 2.24) is 14.3 Å². The van der Waals surface area contributed by atoms with Crippen LogP contribution in [0.2, 0.25) is 0 Å². The van der Waals surface area contributed by atoms with E-state index in [1.165, 1.54) is 0 Å². The third kappa shape index (κ3) is 3.08. The summed E-state index contributed by atoms with van der Waals surface area (Å²) in [5, 5.41) is 11.1. The average Bonchev–Trinajstić information content (AvgIpc) is 2.85. The van der Waals surface area contributed by atoms with Gasteiger partial charge in [-0.15, -0.1) is 11.3 Å². The number of aliphatic hydroxyl groups excluding tert-OH is 1. The van der Waals surface area contributed by atoms with Gasteiger partial charge in [-0.1, -0.05) is 0 Å². The minimum atomic E-state index is -0.377. The molecule has 0 radical (unpaired) electrons. The maximum absolute atomic E-state index is 11.9. The van der Waals surface area contributed by atoms with Gasteiger partial charge < -0.3 is 10.0 Å². The van der Waals surface area contributed by atoms with Gasteiger partial charge >= 0.3 is 0 Å². The van der Waals surface area contributed by atoms with Gasteiger partial charge in [0.2, 0.25) is 5.91 Å². The Kier molecular flexibility index (Phi) is 3.98. The lowest BCUT2D eigenvalue weighted by atomic mass is 10.2. The summed E-state index contributed by atoms with van der Waals surface area (Å²) >= 11 is 1.55. The van der Waals surface area contributed by atoms with Crippen molar-refractivity contribution < 1.29 is 9.90 Å². The van der Waals surface area contributed by atoms with E-state index in [0.717, 1.165) is 10.7 Å². The number of hydrogen-bond donors (Lipinski definition) is 1. The fourth-order valence-corrected chi connectivity index (χ4v) is 2.38. The van der Waals surface area contributed by atoms with E-state index < -0.39 is 0 Å². The first kappa shape index (κ1) is 13.0. The lowest BCUT2D eigenvalue weighted by molar-refractivity contribution is -0.129. The molecule has 18 heavy (non-hydrogen) atoms. The fraction of sp³-hybridized carbons (Fsp3) is 0.500. The first-order chi connectivity index (χ1) is 8.56. The van der Waals surface area contributed by atoms with Gasteiger partial charge in [-0.2, -0.15) is 0 Å². The Hall–Kier alpha value is -1.40. The zero-order valence-corrected chi connectivity index (χ0v) is 11.4. The third-order valence-corrected chi connectivity index (χ3v) is 3.55. The van der Waals surface area contributed by atoms with Crippen molar-refractivity contribution >= 4 is 22.2 Å². The van der Waals surface area contributed by atoms with Crippen molar-refractivity contribution in [2.24, 2.45) is 0 Å². The molecule has 1 N–H and O–H groups in total. The lowest BCUT2D eigenvalue weighted by Gasteiger charge is -2.17. The number of aromatic nitrogens is 2. The zero-order valence-electron chi connectivity index (χ0n) is 10.5. The van der Waals surface area contributed by atoms with Gasteiger partial charge in [-0.05, 0) is 13.3 Å². The van der Waals surface area contributed by atoms with E-state index >= 15 is 0 Å². The number of likely N-dealkylation sites (N-methyl/N-ethyl adjacent to an activating group) is 1. The minimum absolute atomic E-state index is 0.0291. The maximum atomic E-state index is 11.9. The number of hydrogen-bond acceptors (Lipinski definition) is 4. The molecular weight excluding hydrogens is 250 g/mol. The number of carbonyl (C=O) groups is 1. The Balaban J connectivity index is 1.92. The second-order valence-corrected chi connectivity index (χ2v) is 5.33. The Morgan fingerprint density at radius 1 is 1.67 bits per heavy atom. The SMILES string of the molecule is CC(O)CCN(C)C(=O)Cc1cn2ccsc2n1. The van der Waals surface area contributed by atoms with Crippen molar-refractivity contribution in [2.45, 2.75) is 25.9 Å². The van der Waals surface area contributed by atoms with Gasteiger partial charge in [-0.3, -0.25) is 9.20 Å². The number of imidazole rings is 1.